The molecule has 0 unspecified atom stereocenters. The minimum absolute atomic E-state index is 0.0608. The lowest BCUT2D eigenvalue weighted by Crippen LogP contribution is -2.10. The molecule has 5 heteroatoms. The molecule has 2 N–H and O–H groups in total. The van der Waals surface area contributed by atoms with E-state index in [2.05, 4.69) is 36.8 Å². The SMILES string of the molecule is COCc1nc(N)cc(Oc2cccc(C(C)(C)C)c2)n1. The molecule has 1 heterocycles. The zero-order chi connectivity index (χ0) is 15.5. The van der Waals surface area contributed by atoms with Crippen LogP contribution in [0.5, 0.6) is 11.6 Å². The van der Waals surface area contributed by atoms with Gasteiger partial charge in [0.05, 0.1) is 0 Å². The van der Waals surface area contributed by atoms with Crippen molar-refractivity contribution in [3.8, 4) is 11.6 Å². The highest BCUT2D eigenvalue weighted by molar-refractivity contribution is 5.38. The van der Waals surface area contributed by atoms with Crippen LogP contribution in [0.2, 0.25) is 0 Å². The molecular formula is C16H21N3O2. The molecule has 2 rings (SSSR count). The van der Waals surface area contributed by atoms with Crippen LogP contribution in [0, 0.1) is 0 Å². The van der Waals surface area contributed by atoms with Crippen LogP contribution in [0.15, 0.2) is 30.3 Å². The number of nitrogen functional groups attached to an aromatic ring is 1. The lowest BCUT2D eigenvalue weighted by molar-refractivity contribution is 0.177. The number of aromatic nitrogens is 2. The fourth-order valence-corrected chi connectivity index (χ4v) is 1.89. The van der Waals surface area contributed by atoms with Crippen LogP contribution in [0.4, 0.5) is 5.82 Å². The molecule has 0 aliphatic heterocycles. The first-order chi connectivity index (χ1) is 9.88. The minimum Gasteiger partial charge on any atom is -0.439 e. The molecule has 0 saturated carbocycles. The Hall–Kier alpha value is -2.14. The fraction of sp³-hybridized carbons (Fsp3) is 0.375. The third-order valence-electron chi connectivity index (χ3n) is 2.96. The van der Waals surface area contributed by atoms with E-state index in [-0.39, 0.29) is 5.41 Å². The van der Waals surface area contributed by atoms with Crippen LogP contribution in [-0.4, -0.2) is 17.1 Å². The van der Waals surface area contributed by atoms with E-state index in [9.17, 15) is 0 Å². The summed E-state index contributed by atoms with van der Waals surface area (Å²) in [5.74, 6) is 2.00. The summed E-state index contributed by atoms with van der Waals surface area (Å²) in [5.41, 5.74) is 7.01. The van der Waals surface area contributed by atoms with Gasteiger partial charge in [-0.25, -0.2) is 4.98 Å². The van der Waals surface area contributed by atoms with E-state index < -0.39 is 0 Å². The molecule has 21 heavy (non-hydrogen) atoms. The van der Waals surface area contributed by atoms with Crippen molar-refractivity contribution in [3.05, 3.63) is 41.7 Å². The summed E-state index contributed by atoms with van der Waals surface area (Å²) in [6.45, 7) is 6.77. The molecule has 0 aliphatic carbocycles. The summed E-state index contributed by atoms with van der Waals surface area (Å²) in [6, 6.07) is 9.55. The summed E-state index contributed by atoms with van der Waals surface area (Å²) in [7, 11) is 1.58. The maximum Gasteiger partial charge on any atom is 0.224 e. The van der Waals surface area contributed by atoms with Crippen molar-refractivity contribution < 1.29 is 9.47 Å². The van der Waals surface area contributed by atoms with E-state index >= 15 is 0 Å². The molecule has 0 fully saturated rings. The Labute approximate surface area is 125 Å². The second-order valence-electron chi connectivity index (χ2n) is 5.86. The van der Waals surface area contributed by atoms with E-state index in [1.807, 2.05) is 18.2 Å². The van der Waals surface area contributed by atoms with Gasteiger partial charge in [0.2, 0.25) is 5.88 Å². The number of rotatable bonds is 4. The summed E-state index contributed by atoms with van der Waals surface area (Å²) < 4.78 is 10.8. The number of nitrogens with two attached hydrogens (primary N) is 1. The first-order valence-electron chi connectivity index (χ1n) is 6.79. The Balaban J connectivity index is 2.26. The minimum atomic E-state index is 0.0608. The fourth-order valence-electron chi connectivity index (χ4n) is 1.89. The number of hydrogen-bond acceptors (Lipinski definition) is 5. The van der Waals surface area contributed by atoms with Crippen molar-refractivity contribution in [3.63, 3.8) is 0 Å². The molecule has 0 bridgehead atoms. The van der Waals surface area contributed by atoms with Gasteiger partial charge in [0.1, 0.15) is 18.2 Å². The Bertz CT molecular complexity index is 621. The van der Waals surface area contributed by atoms with E-state index in [0.717, 1.165) is 5.75 Å². The third-order valence-corrected chi connectivity index (χ3v) is 2.96. The Morgan fingerprint density at radius 2 is 1.90 bits per heavy atom. The van der Waals surface area contributed by atoms with Crippen LogP contribution in [0.1, 0.15) is 32.2 Å². The Morgan fingerprint density at radius 1 is 1.14 bits per heavy atom. The normalized spacial score (nSPS) is 11.4. The molecule has 1 aromatic carbocycles. The third kappa shape index (κ3) is 4.16. The van der Waals surface area contributed by atoms with E-state index in [1.54, 1.807) is 13.2 Å². The predicted molar refractivity (Wildman–Crippen MR) is 82.4 cm³/mol. The molecule has 0 radical (unpaired) electrons. The second kappa shape index (κ2) is 6.10. The Morgan fingerprint density at radius 3 is 2.57 bits per heavy atom. The largest absolute Gasteiger partial charge is 0.439 e. The standard InChI is InChI=1S/C16H21N3O2/c1-16(2,3)11-6-5-7-12(8-11)21-15-9-13(17)18-14(19-15)10-20-4/h5-9H,10H2,1-4H3,(H2,17,18,19). The molecular weight excluding hydrogens is 266 g/mol. The lowest BCUT2D eigenvalue weighted by atomic mass is 9.87. The quantitative estimate of drug-likeness (QED) is 0.934. The monoisotopic (exact) mass is 287 g/mol. The molecule has 2 aromatic rings. The number of methoxy groups -OCH3 is 1. The van der Waals surface area contributed by atoms with Gasteiger partial charge < -0.3 is 15.2 Å². The predicted octanol–water partition coefficient (Wildman–Crippen LogP) is 3.30. The number of hydrogen-bond donors (Lipinski definition) is 1. The van der Waals surface area contributed by atoms with Crippen molar-refractivity contribution in [1.29, 1.82) is 0 Å². The smallest absolute Gasteiger partial charge is 0.224 e. The number of nitrogens with zero attached hydrogens (tertiary/aromatic N) is 2. The van der Waals surface area contributed by atoms with Crippen LogP contribution >= 0.6 is 0 Å². The van der Waals surface area contributed by atoms with Crippen molar-refractivity contribution in [1.82, 2.24) is 9.97 Å². The van der Waals surface area contributed by atoms with Gasteiger partial charge in [0.25, 0.3) is 0 Å². The van der Waals surface area contributed by atoms with Crippen molar-refractivity contribution in [2.24, 2.45) is 0 Å². The second-order valence-corrected chi connectivity index (χ2v) is 5.86. The van der Waals surface area contributed by atoms with Crippen molar-refractivity contribution in [2.75, 3.05) is 12.8 Å². The summed E-state index contributed by atoms with van der Waals surface area (Å²) in [6.07, 6.45) is 0. The van der Waals surface area contributed by atoms with E-state index in [1.165, 1.54) is 5.56 Å². The van der Waals surface area contributed by atoms with Crippen molar-refractivity contribution in [2.45, 2.75) is 32.8 Å². The molecule has 112 valence electrons. The molecule has 0 aliphatic rings. The zero-order valence-electron chi connectivity index (χ0n) is 12.9. The Kier molecular flexibility index (Phi) is 4.43. The zero-order valence-corrected chi connectivity index (χ0v) is 12.9. The number of anilines is 1. The first kappa shape index (κ1) is 15.3. The van der Waals surface area contributed by atoms with Crippen LogP contribution in [-0.2, 0) is 16.8 Å². The van der Waals surface area contributed by atoms with Gasteiger partial charge in [0, 0.05) is 13.2 Å². The first-order valence-corrected chi connectivity index (χ1v) is 6.79. The van der Waals surface area contributed by atoms with E-state index in [4.69, 9.17) is 15.2 Å². The highest BCUT2D eigenvalue weighted by atomic mass is 16.5. The van der Waals surface area contributed by atoms with Gasteiger partial charge in [-0.3, -0.25) is 0 Å². The van der Waals surface area contributed by atoms with Gasteiger partial charge in [-0.2, -0.15) is 4.98 Å². The lowest BCUT2D eigenvalue weighted by Gasteiger charge is -2.19. The maximum absolute atomic E-state index is 5.80. The van der Waals surface area contributed by atoms with Gasteiger partial charge in [0.15, 0.2) is 5.82 Å². The molecule has 0 atom stereocenters. The summed E-state index contributed by atoms with van der Waals surface area (Å²) >= 11 is 0. The van der Waals surface area contributed by atoms with Crippen LogP contribution in [0.25, 0.3) is 0 Å². The van der Waals surface area contributed by atoms with Crippen molar-refractivity contribution >= 4 is 5.82 Å². The number of ether oxygens (including phenoxy) is 2. The average Bonchev–Trinajstić information content (AvgIpc) is 2.37. The van der Waals surface area contributed by atoms with Gasteiger partial charge >= 0.3 is 0 Å². The highest BCUT2D eigenvalue weighted by Crippen LogP contribution is 2.28. The molecule has 0 saturated heterocycles. The summed E-state index contributed by atoms with van der Waals surface area (Å²) in [4.78, 5) is 8.36. The topological polar surface area (TPSA) is 70.3 Å². The highest BCUT2D eigenvalue weighted by Gasteiger charge is 2.14. The number of benzene rings is 1. The molecule has 1 aromatic heterocycles. The maximum atomic E-state index is 5.80. The van der Waals surface area contributed by atoms with Gasteiger partial charge in [-0.15, -0.1) is 0 Å². The average molecular weight is 287 g/mol. The summed E-state index contributed by atoms with van der Waals surface area (Å²) in [5, 5.41) is 0. The molecule has 0 spiro atoms. The van der Waals surface area contributed by atoms with Gasteiger partial charge in [-0.05, 0) is 23.1 Å². The van der Waals surface area contributed by atoms with Gasteiger partial charge in [-0.1, -0.05) is 32.9 Å². The van der Waals surface area contributed by atoms with Crippen LogP contribution < -0.4 is 10.5 Å². The molecule has 5 nitrogen and oxygen atoms in total. The molecule has 0 amide bonds. The van der Waals surface area contributed by atoms with Crippen LogP contribution in [0.3, 0.4) is 0 Å². The van der Waals surface area contributed by atoms with E-state index in [0.29, 0.717) is 24.1 Å².